The Morgan fingerprint density at radius 2 is 1.43 bits per heavy atom. The third kappa shape index (κ3) is 2.05. The zero-order valence-electron chi connectivity index (χ0n) is 5.87. The van der Waals surface area contributed by atoms with Crippen molar-refractivity contribution in [3.05, 3.63) is 11.9 Å². The van der Waals surface area contributed by atoms with Crippen molar-refractivity contribution >= 4 is 11.1 Å². The molecule has 84 valence electrons. The molecule has 1 atom stereocenters. The summed E-state index contributed by atoms with van der Waals surface area (Å²) in [5, 5.41) is -5.93. The zero-order chi connectivity index (χ0) is 11.7. The zero-order valence-corrected chi connectivity index (χ0v) is 6.69. The molecular weight excluding hydrogens is 245 g/mol. The van der Waals surface area contributed by atoms with Crippen LogP contribution in [0.25, 0.3) is 0 Å². The third-order valence-corrected chi connectivity index (χ3v) is 1.69. The van der Waals surface area contributed by atoms with Gasteiger partial charge in [0.2, 0.25) is 5.83 Å². The van der Waals surface area contributed by atoms with Crippen molar-refractivity contribution in [3.63, 3.8) is 0 Å². The van der Waals surface area contributed by atoms with Crippen LogP contribution in [0.5, 0.6) is 0 Å². The van der Waals surface area contributed by atoms with Gasteiger partial charge < -0.3 is 4.55 Å². The summed E-state index contributed by atoms with van der Waals surface area (Å²) in [6.45, 7) is 0. The highest BCUT2D eigenvalue weighted by molar-refractivity contribution is 7.80. The second kappa shape index (κ2) is 3.85. The van der Waals surface area contributed by atoms with Crippen LogP contribution in [-0.4, -0.2) is 19.9 Å². The van der Waals surface area contributed by atoms with Gasteiger partial charge in [-0.25, -0.2) is 0 Å². The maximum atomic E-state index is 12.0. The molecular formula is C4F7O2S-. The quantitative estimate of drug-likeness (QED) is 0.564. The smallest absolute Gasteiger partial charge is 0.378 e. The highest BCUT2D eigenvalue weighted by Gasteiger charge is 2.62. The number of hydrogen-bond acceptors (Lipinski definition) is 2. The van der Waals surface area contributed by atoms with Gasteiger partial charge in [-0.2, -0.15) is 30.7 Å². The van der Waals surface area contributed by atoms with Crippen LogP contribution in [0, 0.1) is 0 Å². The largest absolute Gasteiger partial charge is 0.768 e. The fourth-order valence-electron chi connectivity index (χ4n) is 0.351. The molecule has 0 radical (unpaired) electrons. The Morgan fingerprint density at radius 3 is 1.64 bits per heavy atom. The normalized spacial score (nSPS) is 15.1. The van der Waals surface area contributed by atoms with Gasteiger partial charge in [0.15, 0.2) is 0 Å². The van der Waals surface area contributed by atoms with Crippen LogP contribution in [-0.2, 0) is 11.1 Å². The molecule has 0 aliphatic rings. The van der Waals surface area contributed by atoms with Crippen molar-refractivity contribution in [3.8, 4) is 0 Å². The summed E-state index contributed by atoms with van der Waals surface area (Å²) in [7, 11) is 0. The van der Waals surface area contributed by atoms with Gasteiger partial charge in [0.25, 0.3) is 0 Å². The molecule has 0 rings (SSSR count). The second-order valence-electron chi connectivity index (χ2n) is 1.90. The minimum Gasteiger partial charge on any atom is -0.768 e. The Hall–Kier alpha value is -0.640. The van der Waals surface area contributed by atoms with Crippen molar-refractivity contribution in [2.24, 2.45) is 0 Å². The predicted octanol–water partition coefficient (Wildman–Crippen LogP) is 2.17. The molecule has 0 aliphatic carbocycles. The summed E-state index contributed by atoms with van der Waals surface area (Å²) >= 11 is -4.72. The molecule has 0 N–H and O–H groups in total. The highest BCUT2D eigenvalue weighted by Crippen LogP contribution is 2.43. The summed E-state index contributed by atoms with van der Waals surface area (Å²) in [6.07, 6.45) is -3.71. The van der Waals surface area contributed by atoms with Gasteiger partial charge in [-0.15, -0.1) is 0 Å². The van der Waals surface area contributed by atoms with Gasteiger partial charge >= 0.3 is 17.3 Å². The number of hydrogen-bond donors (Lipinski definition) is 0. The summed E-state index contributed by atoms with van der Waals surface area (Å²) in [5.74, 6) is -9.86. The van der Waals surface area contributed by atoms with Crippen molar-refractivity contribution in [1.82, 2.24) is 0 Å². The van der Waals surface area contributed by atoms with Crippen LogP contribution in [0.4, 0.5) is 30.7 Å². The first-order valence-electron chi connectivity index (χ1n) is 2.61. The van der Waals surface area contributed by atoms with Gasteiger partial charge in [0, 0.05) is 11.1 Å². The number of halogens is 7. The SMILES string of the molecule is O=S([O-])C(F)(F)C(F)(F)C(F)=C(F)F. The van der Waals surface area contributed by atoms with E-state index < -0.39 is 34.2 Å². The molecule has 1 unspecified atom stereocenters. The van der Waals surface area contributed by atoms with Gasteiger partial charge in [-0.3, -0.25) is 4.21 Å². The highest BCUT2D eigenvalue weighted by atomic mass is 32.2. The minimum absolute atomic E-state index is 3.71. The molecule has 0 saturated heterocycles. The molecule has 0 fully saturated rings. The first-order chi connectivity index (χ1) is 6.05. The molecule has 0 aliphatic heterocycles. The fraction of sp³-hybridized carbons (Fsp3) is 0.500. The summed E-state index contributed by atoms with van der Waals surface area (Å²) < 4.78 is 101. The molecule has 2 nitrogen and oxygen atoms in total. The van der Waals surface area contributed by atoms with Crippen LogP contribution in [0.15, 0.2) is 11.9 Å². The van der Waals surface area contributed by atoms with Gasteiger partial charge in [-0.05, 0) is 0 Å². The van der Waals surface area contributed by atoms with Crippen molar-refractivity contribution in [2.75, 3.05) is 0 Å². The molecule has 10 heteroatoms. The molecule has 0 aromatic carbocycles. The molecule has 0 spiro atoms. The van der Waals surface area contributed by atoms with Crippen molar-refractivity contribution in [2.45, 2.75) is 11.2 Å². The molecule has 14 heavy (non-hydrogen) atoms. The Labute approximate surface area is 74.7 Å². The van der Waals surface area contributed by atoms with E-state index in [9.17, 15) is 39.5 Å². The topological polar surface area (TPSA) is 40.1 Å². The summed E-state index contributed by atoms with van der Waals surface area (Å²) in [5.41, 5.74) is 0. The average Bonchev–Trinajstić information content (AvgIpc) is 2.01. The average molecular weight is 245 g/mol. The summed E-state index contributed by atoms with van der Waals surface area (Å²) in [6, 6.07) is 0. The first-order valence-corrected chi connectivity index (χ1v) is 3.69. The van der Waals surface area contributed by atoms with E-state index in [1.807, 2.05) is 0 Å². The standard InChI is InChI=1S/C4HF7O2S/c5-1(2(6)7)3(8,9)4(10,11)14(12)13/h(H,12,13)/p-1. The van der Waals surface area contributed by atoms with E-state index in [0.717, 1.165) is 0 Å². The lowest BCUT2D eigenvalue weighted by molar-refractivity contribution is -0.145. The lowest BCUT2D eigenvalue weighted by Crippen LogP contribution is -2.44. The minimum atomic E-state index is -6.08. The van der Waals surface area contributed by atoms with Crippen molar-refractivity contribution in [1.29, 1.82) is 0 Å². The van der Waals surface area contributed by atoms with E-state index in [-0.39, 0.29) is 0 Å². The van der Waals surface area contributed by atoms with E-state index in [1.165, 1.54) is 0 Å². The lowest BCUT2D eigenvalue weighted by atomic mass is 10.3. The maximum Gasteiger partial charge on any atom is 0.378 e. The number of allylic oxidation sites excluding steroid dienone is 1. The van der Waals surface area contributed by atoms with Crippen LogP contribution < -0.4 is 0 Å². The third-order valence-electron chi connectivity index (χ3n) is 1.02. The van der Waals surface area contributed by atoms with E-state index in [2.05, 4.69) is 0 Å². The molecule has 0 amide bonds. The second-order valence-corrected chi connectivity index (χ2v) is 2.88. The van der Waals surface area contributed by atoms with Gasteiger partial charge in [-0.1, -0.05) is 0 Å². The number of rotatable bonds is 3. The molecule has 0 saturated carbocycles. The van der Waals surface area contributed by atoms with Crippen LogP contribution >= 0.6 is 0 Å². The Kier molecular flexibility index (Phi) is 3.67. The monoisotopic (exact) mass is 245 g/mol. The van der Waals surface area contributed by atoms with E-state index in [1.54, 1.807) is 0 Å². The van der Waals surface area contributed by atoms with Crippen LogP contribution in [0.1, 0.15) is 0 Å². The van der Waals surface area contributed by atoms with E-state index >= 15 is 0 Å². The number of alkyl halides is 4. The van der Waals surface area contributed by atoms with E-state index in [4.69, 9.17) is 0 Å². The first kappa shape index (κ1) is 13.4. The Morgan fingerprint density at radius 1 is 1.07 bits per heavy atom. The Bertz CT molecular complexity index is 281. The predicted molar refractivity (Wildman–Crippen MR) is 29.2 cm³/mol. The molecule has 0 bridgehead atoms. The van der Waals surface area contributed by atoms with Gasteiger partial charge in [0.1, 0.15) is 0 Å². The fourth-order valence-corrected chi connectivity index (χ4v) is 0.650. The van der Waals surface area contributed by atoms with Crippen molar-refractivity contribution < 1.29 is 39.5 Å². The molecule has 0 aromatic heterocycles. The molecule has 0 aromatic rings. The van der Waals surface area contributed by atoms with Crippen LogP contribution in [0.2, 0.25) is 0 Å². The van der Waals surface area contributed by atoms with Crippen LogP contribution in [0.3, 0.4) is 0 Å². The maximum absolute atomic E-state index is 12.0. The Balaban J connectivity index is 5.37. The van der Waals surface area contributed by atoms with Gasteiger partial charge in [0.05, 0.1) is 0 Å². The summed E-state index contributed by atoms with van der Waals surface area (Å²) in [4.78, 5) is 0. The molecule has 0 heterocycles. The van der Waals surface area contributed by atoms with E-state index in [0.29, 0.717) is 0 Å². The lowest BCUT2D eigenvalue weighted by Gasteiger charge is -2.25.